The number of carbonyl (C=O) groups is 1. The van der Waals surface area contributed by atoms with Crippen molar-refractivity contribution in [3.63, 3.8) is 0 Å². The summed E-state index contributed by atoms with van der Waals surface area (Å²) in [7, 11) is 0. The zero-order valence-electron chi connectivity index (χ0n) is 16.6. The number of aryl methyl sites for hydroxylation is 1. The normalized spacial score (nSPS) is 11.8. The molecule has 0 saturated carbocycles. The summed E-state index contributed by atoms with van der Waals surface area (Å²) in [6.07, 6.45) is 5.91. The van der Waals surface area contributed by atoms with Crippen LogP contribution in [0, 0.1) is 13.8 Å². The Morgan fingerprint density at radius 3 is 2.24 bits per heavy atom. The SMILES string of the molecule is CCCCCCc1c(C)nn(C(=O)c2ccc(C(C)(C)C)cc2)c1C. The first-order valence-corrected chi connectivity index (χ1v) is 9.46. The Bertz CT molecular complexity index is 718. The maximum atomic E-state index is 12.9. The molecule has 0 radical (unpaired) electrons. The first kappa shape index (κ1) is 19.4. The van der Waals surface area contributed by atoms with E-state index < -0.39 is 0 Å². The third-order valence-electron chi connectivity index (χ3n) is 4.91. The first-order chi connectivity index (χ1) is 11.8. The lowest BCUT2D eigenvalue weighted by Gasteiger charge is -2.19. The number of nitrogens with zero attached hydrogens (tertiary/aromatic N) is 2. The molecule has 0 fully saturated rings. The zero-order valence-corrected chi connectivity index (χ0v) is 16.6. The molecule has 0 spiro atoms. The molecule has 1 aromatic heterocycles. The van der Waals surface area contributed by atoms with Gasteiger partial charge in [-0.05, 0) is 55.4 Å². The van der Waals surface area contributed by atoms with E-state index >= 15 is 0 Å². The fraction of sp³-hybridized carbons (Fsp3) is 0.545. The van der Waals surface area contributed by atoms with Gasteiger partial charge in [0.2, 0.25) is 0 Å². The van der Waals surface area contributed by atoms with Gasteiger partial charge in [-0.1, -0.05) is 59.1 Å². The van der Waals surface area contributed by atoms with Crippen LogP contribution in [0.4, 0.5) is 0 Å². The number of carbonyl (C=O) groups excluding carboxylic acids is 1. The van der Waals surface area contributed by atoms with Crippen molar-refractivity contribution in [1.82, 2.24) is 9.78 Å². The van der Waals surface area contributed by atoms with E-state index in [1.165, 1.54) is 30.4 Å². The molecule has 3 heteroatoms. The minimum absolute atomic E-state index is 0.0409. The monoisotopic (exact) mass is 340 g/mol. The number of aromatic nitrogens is 2. The van der Waals surface area contributed by atoms with E-state index in [4.69, 9.17) is 0 Å². The standard InChI is InChI=1S/C22H32N2O/c1-7-8-9-10-11-20-16(2)23-24(17(20)3)21(25)18-12-14-19(15-13-18)22(4,5)6/h12-15H,7-11H2,1-6H3. The Labute approximate surface area is 152 Å². The molecule has 0 unspecified atom stereocenters. The van der Waals surface area contributed by atoms with E-state index in [0.717, 1.165) is 24.2 Å². The van der Waals surface area contributed by atoms with Gasteiger partial charge in [-0.25, -0.2) is 4.68 Å². The maximum absolute atomic E-state index is 12.9. The molecule has 25 heavy (non-hydrogen) atoms. The largest absolute Gasteiger partial charge is 0.278 e. The van der Waals surface area contributed by atoms with Crippen molar-refractivity contribution >= 4 is 5.91 Å². The van der Waals surface area contributed by atoms with Gasteiger partial charge in [0.05, 0.1) is 5.69 Å². The van der Waals surface area contributed by atoms with Crippen molar-refractivity contribution in [3.8, 4) is 0 Å². The molecule has 1 heterocycles. The second-order valence-electron chi connectivity index (χ2n) is 8.00. The zero-order chi connectivity index (χ0) is 18.6. The van der Waals surface area contributed by atoms with Crippen LogP contribution < -0.4 is 0 Å². The smallest absolute Gasteiger partial charge is 0.267 e. The summed E-state index contributed by atoms with van der Waals surface area (Å²) in [4.78, 5) is 12.9. The molecule has 0 amide bonds. The molecule has 0 aliphatic carbocycles. The van der Waals surface area contributed by atoms with Gasteiger partial charge in [0.15, 0.2) is 0 Å². The number of rotatable bonds is 6. The van der Waals surface area contributed by atoms with Crippen LogP contribution in [-0.2, 0) is 11.8 Å². The summed E-state index contributed by atoms with van der Waals surface area (Å²) in [5, 5.41) is 4.52. The number of unbranched alkanes of at least 4 members (excludes halogenated alkanes) is 3. The third kappa shape index (κ3) is 4.59. The average molecular weight is 341 g/mol. The van der Waals surface area contributed by atoms with Crippen LogP contribution >= 0.6 is 0 Å². The lowest BCUT2D eigenvalue weighted by Crippen LogP contribution is -2.16. The highest BCUT2D eigenvalue weighted by Crippen LogP contribution is 2.23. The summed E-state index contributed by atoms with van der Waals surface area (Å²) in [6, 6.07) is 7.93. The summed E-state index contributed by atoms with van der Waals surface area (Å²) in [5.74, 6) is -0.0409. The minimum Gasteiger partial charge on any atom is -0.267 e. The van der Waals surface area contributed by atoms with Crippen molar-refractivity contribution < 1.29 is 4.79 Å². The Hall–Kier alpha value is -1.90. The summed E-state index contributed by atoms with van der Waals surface area (Å²) in [5.41, 5.74) is 5.21. The number of hydrogen-bond acceptors (Lipinski definition) is 2. The van der Waals surface area contributed by atoms with Crippen LogP contribution in [0.2, 0.25) is 0 Å². The fourth-order valence-electron chi connectivity index (χ4n) is 3.20. The fourth-order valence-corrected chi connectivity index (χ4v) is 3.20. The Morgan fingerprint density at radius 1 is 1.04 bits per heavy atom. The van der Waals surface area contributed by atoms with Gasteiger partial charge in [0.25, 0.3) is 5.91 Å². The highest BCUT2D eigenvalue weighted by molar-refractivity contribution is 5.96. The average Bonchev–Trinajstić information content (AvgIpc) is 2.85. The molecular weight excluding hydrogens is 308 g/mol. The van der Waals surface area contributed by atoms with Crippen LogP contribution in [0.15, 0.2) is 24.3 Å². The Kier molecular flexibility index (Phi) is 6.21. The number of benzene rings is 1. The molecule has 136 valence electrons. The van der Waals surface area contributed by atoms with Gasteiger partial charge in [-0.15, -0.1) is 0 Å². The molecular formula is C22H32N2O. The highest BCUT2D eigenvalue weighted by atomic mass is 16.2. The van der Waals surface area contributed by atoms with Crippen molar-refractivity contribution in [2.45, 2.75) is 79.1 Å². The quantitative estimate of drug-likeness (QED) is 0.641. The van der Waals surface area contributed by atoms with Crippen LogP contribution in [0.1, 0.15) is 86.3 Å². The maximum Gasteiger partial charge on any atom is 0.278 e. The van der Waals surface area contributed by atoms with Crippen LogP contribution in [0.5, 0.6) is 0 Å². The molecule has 0 saturated heterocycles. The molecule has 0 aliphatic rings. The molecule has 0 bridgehead atoms. The van der Waals surface area contributed by atoms with Gasteiger partial charge in [-0.2, -0.15) is 5.10 Å². The van der Waals surface area contributed by atoms with Crippen LogP contribution in [-0.4, -0.2) is 15.7 Å². The lowest BCUT2D eigenvalue weighted by molar-refractivity contribution is 0.0942. The summed E-state index contributed by atoms with van der Waals surface area (Å²) >= 11 is 0. The highest BCUT2D eigenvalue weighted by Gasteiger charge is 2.19. The van der Waals surface area contributed by atoms with Gasteiger partial charge in [0, 0.05) is 11.3 Å². The topological polar surface area (TPSA) is 34.9 Å². The van der Waals surface area contributed by atoms with Crippen LogP contribution in [0.25, 0.3) is 0 Å². The van der Waals surface area contributed by atoms with Gasteiger partial charge < -0.3 is 0 Å². The van der Waals surface area contributed by atoms with Gasteiger partial charge in [-0.3, -0.25) is 4.79 Å². The molecule has 3 nitrogen and oxygen atoms in total. The van der Waals surface area contributed by atoms with E-state index in [-0.39, 0.29) is 11.3 Å². The molecule has 0 atom stereocenters. The molecule has 2 aromatic rings. The van der Waals surface area contributed by atoms with Crippen LogP contribution in [0.3, 0.4) is 0 Å². The van der Waals surface area contributed by atoms with E-state index in [2.05, 4.69) is 32.8 Å². The second kappa shape index (κ2) is 7.99. The first-order valence-electron chi connectivity index (χ1n) is 9.46. The summed E-state index contributed by atoms with van der Waals surface area (Å²) < 4.78 is 1.58. The molecule has 2 rings (SSSR count). The number of hydrogen-bond donors (Lipinski definition) is 0. The Morgan fingerprint density at radius 2 is 1.68 bits per heavy atom. The van der Waals surface area contributed by atoms with Gasteiger partial charge in [0.1, 0.15) is 0 Å². The van der Waals surface area contributed by atoms with Crippen molar-refractivity contribution in [2.24, 2.45) is 0 Å². The van der Waals surface area contributed by atoms with Crippen molar-refractivity contribution in [3.05, 3.63) is 52.3 Å². The van der Waals surface area contributed by atoms with Crippen molar-refractivity contribution in [2.75, 3.05) is 0 Å². The van der Waals surface area contributed by atoms with Crippen molar-refractivity contribution in [1.29, 1.82) is 0 Å². The predicted octanol–water partition coefficient (Wildman–Crippen LogP) is 5.61. The summed E-state index contributed by atoms with van der Waals surface area (Å²) in [6.45, 7) is 12.8. The van der Waals surface area contributed by atoms with E-state index in [9.17, 15) is 4.79 Å². The minimum atomic E-state index is -0.0409. The van der Waals surface area contributed by atoms with E-state index in [1.807, 2.05) is 38.1 Å². The lowest BCUT2D eigenvalue weighted by atomic mass is 9.87. The van der Waals surface area contributed by atoms with Gasteiger partial charge >= 0.3 is 0 Å². The predicted molar refractivity (Wildman–Crippen MR) is 104 cm³/mol. The third-order valence-corrected chi connectivity index (χ3v) is 4.91. The Balaban J connectivity index is 2.19. The molecule has 1 aromatic carbocycles. The van der Waals surface area contributed by atoms with E-state index in [1.54, 1.807) is 4.68 Å². The molecule has 0 aliphatic heterocycles. The second-order valence-corrected chi connectivity index (χ2v) is 8.00. The molecule has 0 N–H and O–H groups in total. The van der Waals surface area contributed by atoms with E-state index in [0.29, 0.717) is 5.56 Å².